The highest BCUT2D eigenvalue weighted by Crippen LogP contribution is 2.32. The summed E-state index contributed by atoms with van der Waals surface area (Å²) < 4.78 is 25.0. The maximum atomic E-state index is 11.8. The van der Waals surface area contributed by atoms with Crippen molar-refractivity contribution in [2.45, 2.75) is 18.9 Å². The lowest BCUT2D eigenvalue weighted by Gasteiger charge is -2.38. The van der Waals surface area contributed by atoms with E-state index in [1.807, 2.05) is 12.1 Å². The highest BCUT2D eigenvalue weighted by atomic mass is 35.5. The lowest BCUT2D eigenvalue weighted by atomic mass is 10.0. The van der Waals surface area contributed by atoms with Crippen LogP contribution in [0.4, 0.5) is 5.69 Å². The molecule has 3 rings (SSSR count). The van der Waals surface area contributed by atoms with Crippen LogP contribution in [-0.4, -0.2) is 55.4 Å². The molecule has 1 aromatic carbocycles. The van der Waals surface area contributed by atoms with Crippen LogP contribution >= 0.6 is 11.6 Å². The molecule has 2 heterocycles. The minimum Gasteiger partial charge on any atom is -0.369 e. The molecule has 0 spiro atoms. The fraction of sp³-hybridized carbons (Fsp3) is 0.500. The SMILES string of the molecule is CN(C1CCCN(c2cc(Cl)cc3[nH]ncc23)C1)S(C)(=O)=O. The van der Waals surface area contributed by atoms with Gasteiger partial charge < -0.3 is 4.90 Å². The van der Waals surface area contributed by atoms with E-state index in [9.17, 15) is 8.42 Å². The Bertz CT molecular complexity index is 789. The smallest absolute Gasteiger partial charge is 0.211 e. The van der Waals surface area contributed by atoms with Crippen LogP contribution in [0.5, 0.6) is 0 Å². The molecule has 6 nitrogen and oxygen atoms in total. The maximum Gasteiger partial charge on any atom is 0.211 e. The number of nitrogens with one attached hydrogen (secondary N) is 1. The normalized spacial score (nSPS) is 20.0. The average molecular weight is 343 g/mol. The zero-order valence-corrected chi connectivity index (χ0v) is 14.2. The van der Waals surface area contributed by atoms with Gasteiger partial charge in [-0.1, -0.05) is 11.6 Å². The first-order valence-electron chi connectivity index (χ1n) is 7.17. The van der Waals surface area contributed by atoms with E-state index in [2.05, 4.69) is 15.1 Å². The Kier molecular flexibility index (Phi) is 4.05. The summed E-state index contributed by atoms with van der Waals surface area (Å²) in [6.45, 7) is 1.54. The number of hydrogen-bond donors (Lipinski definition) is 1. The largest absolute Gasteiger partial charge is 0.369 e. The number of aromatic amines is 1. The number of halogens is 1. The molecule has 8 heteroatoms. The first-order valence-corrected chi connectivity index (χ1v) is 9.39. The Morgan fingerprint density at radius 3 is 2.95 bits per heavy atom. The first-order chi connectivity index (χ1) is 10.4. The number of piperidine rings is 1. The summed E-state index contributed by atoms with van der Waals surface area (Å²) in [4.78, 5) is 2.19. The molecule has 22 heavy (non-hydrogen) atoms. The molecule has 1 unspecified atom stereocenters. The van der Waals surface area contributed by atoms with Crippen LogP contribution in [0.25, 0.3) is 10.9 Å². The molecule has 0 radical (unpaired) electrons. The van der Waals surface area contributed by atoms with Crippen LogP contribution in [0.1, 0.15) is 12.8 Å². The summed E-state index contributed by atoms with van der Waals surface area (Å²) in [5.41, 5.74) is 1.89. The van der Waals surface area contributed by atoms with Crippen molar-refractivity contribution < 1.29 is 8.42 Å². The van der Waals surface area contributed by atoms with Gasteiger partial charge in [0.05, 0.1) is 18.0 Å². The second kappa shape index (κ2) is 5.72. The molecule has 1 fully saturated rings. The molecular formula is C14H19ClN4O2S. The van der Waals surface area contributed by atoms with Crippen molar-refractivity contribution in [3.63, 3.8) is 0 Å². The van der Waals surface area contributed by atoms with Gasteiger partial charge in [0.2, 0.25) is 10.0 Å². The van der Waals surface area contributed by atoms with E-state index in [1.165, 1.54) is 10.6 Å². The Labute approximate surface area is 135 Å². The summed E-state index contributed by atoms with van der Waals surface area (Å²) in [6.07, 6.45) is 4.84. The number of hydrogen-bond acceptors (Lipinski definition) is 4. The molecule has 0 bridgehead atoms. The van der Waals surface area contributed by atoms with Gasteiger partial charge in [-0.15, -0.1) is 0 Å². The van der Waals surface area contributed by atoms with Gasteiger partial charge >= 0.3 is 0 Å². The van der Waals surface area contributed by atoms with Crippen molar-refractivity contribution >= 4 is 38.2 Å². The number of nitrogens with zero attached hydrogens (tertiary/aromatic N) is 3. The third-order valence-corrected chi connectivity index (χ3v) is 5.84. The lowest BCUT2D eigenvalue weighted by Crippen LogP contribution is -2.48. The molecule has 1 saturated heterocycles. The van der Waals surface area contributed by atoms with Crippen molar-refractivity contribution in [3.8, 4) is 0 Å². The molecule has 1 N–H and O–H groups in total. The highest BCUT2D eigenvalue weighted by molar-refractivity contribution is 7.88. The van der Waals surface area contributed by atoms with Crippen LogP contribution in [0.15, 0.2) is 18.3 Å². The lowest BCUT2D eigenvalue weighted by molar-refractivity contribution is 0.322. The van der Waals surface area contributed by atoms with Crippen molar-refractivity contribution in [1.29, 1.82) is 0 Å². The quantitative estimate of drug-likeness (QED) is 0.927. The molecule has 1 aliphatic rings. The summed E-state index contributed by atoms with van der Waals surface area (Å²) in [6, 6.07) is 3.74. The van der Waals surface area contributed by atoms with Gasteiger partial charge in [0, 0.05) is 42.3 Å². The fourth-order valence-corrected chi connectivity index (χ4v) is 3.93. The summed E-state index contributed by atoms with van der Waals surface area (Å²) >= 11 is 6.19. The Morgan fingerprint density at radius 1 is 1.45 bits per heavy atom. The Balaban J connectivity index is 1.92. The van der Waals surface area contributed by atoms with Crippen LogP contribution in [0, 0.1) is 0 Å². The van der Waals surface area contributed by atoms with Crippen LogP contribution in [-0.2, 0) is 10.0 Å². The van der Waals surface area contributed by atoms with E-state index in [4.69, 9.17) is 11.6 Å². The van der Waals surface area contributed by atoms with Crippen molar-refractivity contribution in [2.75, 3.05) is 31.3 Å². The van der Waals surface area contributed by atoms with E-state index >= 15 is 0 Å². The topological polar surface area (TPSA) is 69.3 Å². The van der Waals surface area contributed by atoms with Gasteiger partial charge in [-0.2, -0.15) is 5.10 Å². The molecule has 0 aliphatic carbocycles. The minimum absolute atomic E-state index is 0.0234. The zero-order valence-electron chi connectivity index (χ0n) is 12.6. The van der Waals surface area contributed by atoms with Gasteiger partial charge in [-0.3, -0.25) is 5.10 Å². The van der Waals surface area contributed by atoms with E-state index in [0.29, 0.717) is 11.6 Å². The van der Waals surface area contributed by atoms with Gasteiger partial charge in [0.25, 0.3) is 0 Å². The van der Waals surface area contributed by atoms with Crippen LogP contribution in [0.3, 0.4) is 0 Å². The number of H-pyrrole nitrogens is 1. The molecule has 1 aliphatic heterocycles. The number of likely N-dealkylation sites (N-methyl/N-ethyl adjacent to an activating group) is 1. The molecule has 1 atom stereocenters. The number of anilines is 1. The van der Waals surface area contributed by atoms with Crippen LogP contribution < -0.4 is 4.90 Å². The van der Waals surface area contributed by atoms with E-state index in [1.54, 1.807) is 13.2 Å². The second-order valence-electron chi connectivity index (χ2n) is 5.78. The summed E-state index contributed by atoms with van der Waals surface area (Å²) in [5.74, 6) is 0. The summed E-state index contributed by atoms with van der Waals surface area (Å²) in [7, 11) is -1.54. The van der Waals surface area contributed by atoms with E-state index < -0.39 is 10.0 Å². The van der Waals surface area contributed by atoms with Gasteiger partial charge in [0.1, 0.15) is 0 Å². The van der Waals surface area contributed by atoms with Gasteiger partial charge in [-0.05, 0) is 25.0 Å². The minimum atomic E-state index is -3.19. The first kappa shape index (κ1) is 15.6. The van der Waals surface area contributed by atoms with Gasteiger partial charge in [0.15, 0.2) is 0 Å². The van der Waals surface area contributed by atoms with Gasteiger partial charge in [-0.25, -0.2) is 12.7 Å². The predicted octanol–water partition coefficient (Wildman–Crippen LogP) is 2.08. The average Bonchev–Trinajstić information content (AvgIpc) is 2.92. The molecular weight excluding hydrogens is 324 g/mol. The number of aromatic nitrogens is 2. The fourth-order valence-electron chi connectivity index (χ4n) is 3.00. The molecule has 120 valence electrons. The molecule has 0 amide bonds. The molecule has 0 saturated carbocycles. The molecule has 2 aromatic rings. The Morgan fingerprint density at radius 2 is 2.23 bits per heavy atom. The highest BCUT2D eigenvalue weighted by Gasteiger charge is 2.28. The number of sulfonamides is 1. The van der Waals surface area contributed by atoms with E-state index in [-0.39, 0.29) is 6.04 Å². The van der Waals surface area contributed by atoms with Crippen molar-refractivity contribution in [2.24, 2.45) is 0 Å². The van der Waals surface area contributed by atoms with Crippen LogP contribution in [0.2, 0.25) is 5.02 Å². The standard InChI is InChI=1S/C14H19ClN4O2S/c1-18(22(2,20)21)11-4-3-5-19(9-11)14-7-10(15)6-13-12(14)8-16-17-13/h6-8,11H,3-5,9H2,1-2H3,(H,16,17). The zero-order chi connectivity index (χ0) is 15.9. The number of benzene rings is 1. The van der Waals surface area contributed by atoms with Crippen molar-refractivity contribution in [1.82, 2.24) is 14.5 Å². The third-order valence-electron chi connectivity index (χ3n) is 4.28. The number of fused-ring (bicyclic) bond motifs is 1. The maximum absolute atomic E-state index is 11.8. The summed E-state index contributed by atoms with van der Waals surface area (Å²) in [5, 5.41) is 8.66. The number of rotatable bonds is 3. The third kappa shape index (κ3) is 2.93. The monoisotopic (exact) mass is 342 g/mol. The Hall–Kier alpha value is -1.31. The van der Waals surface area contributed by atoms with Crippen molar-refractivity contribution in [3.05, 3.63) is 23.4 Å². The molecule has 1 aromatic heterocycles. The second-order valence-corrected chi connectivity index (χ2v) is 8.26. The van der Waals surface area contributed by atoms with E-state index in [0.717, 1.165) is 36.0 Å². The predicted molar refractivity (Wildman–Crippen MR) is 88.9 cm³/mol.